The Morgan fingerprint density at radius 3 is 2.85 bits per heavy atom. The van der Waals surface area contributed by atoms with Gasteiger partial charge in [0.2, 0.25) is 6.41 Å². The number of amides is 1. The van der Waals surface area contributed by atoms with Crippen molar-refractivity contribution in [3.8, 4) is 0 Å². The van der Waals surface area contributed by atoms with Gasteiger partial charge in [0.05, 0.1) is 6.42 Å². The molecule has 0 aromatic heterocycles. The number of nitrogens with zero attached hydrogens (tertiary/aromatic N) is 1. The molecule has 1 heterocycles. The maximum Gasteiger partial charge on any atom is 0.305 e. The number of carboxylic acids is 1. The minimum atomic E-state index is -0.821. The first-order valence-electron chi connectivity index (χ1n) is 4.67. The van der Waals surface area contributed by atoms with E-state index in [1.165, 1.54) is 0 Å². The highest BCUT2D eigenvalue weighted by Gasteiger charge is 2.21. The molecule has 0 saturated carbocycles. The van der Waals surface area contributed by atoms with Crippen LogP contribution in [0.25, 0.3) is 0 Å². The zero-order valence-electron chi connectivity index (χ0n) is 7.61. The molecule has 1 aliphatic heterocycles. The Bertz CT molecular complexity index is 193. The predicted octanol–water partition coefficient (Wildman–Crippen LogP) is 0.862. The van der Waals surface area contributed by atoms with E-state index in [0.717, 1.165) is 32.1 Å². The van der Waals surface area contributed by atoms with Crippen molar-refractivity contribution in [3.63, 3.8) is 0 Å². The first-order chi connectivity index (χ1) is 6.24. The topological polar surface area (TPSA) is 57.6 Å². The molecule has 1 fully saturated rings. The van der Waals surface area contributed by atoms with Crippen LogP contribution in [0, 0.1) is 0 Å². The maximum atomic E-state index is 10.6. The largest absolute Gasteiger partial charge is 0.481 e. The average molecular weight is 185 g/mol. The van der Waals surface area contributed by atoms with Gasteiger partial charge in [-0.1, -0.05) is 12.8 Å². The van der Waals surface area contributed by atoms with Crippen molar-refractivity contribution in [1.82, 2.24) is 4.90 Å². The molecular formula is C9H15NO3. The van der Waals surface area contributed by atoms with E-state index in [1.54, 1.807) is 4.90 Å². The third-order valence-electron chi connectivity index (χ3n) is 2.47. The number of carbonyl (C=O) groups excluding carboxylic acids is 1. The molecule has 1 atom stereocenters. The summed E-state index contributed by atoms with van der Waals surface area (Å²) in [5, 5.41) is 8.63. The summed E-state index contributed by atoms with van der Waals surface area (Å²) < 4.78 is 0. The van der Waals surface area contributed by atoms with Crippen LogP contribution >= 0.6 is 0 Å². The Labute approximate surface area is 77.5 Å². The van der Waals surface area contributed by atoms with Gasteiger partial charge in [-0.3, -0.25) is 9.59 Å². The fraction of sp³-hybridized carbons (Fsp3) is 0.778. The molecule has 1 aliphatic rings. The lowest BCUT2D eigenvalue weighted by molar-refractivity contribution is -0.139. The molecule has 74 valence electrons. The standard InChI is InChI=1S/C9H15NO3/c11-7-10-5-3-1-2-4-8(10)6-9(12)13/h7-8H,1-6H2,(H,12,13). The highest BCUT2D eigenvalue weighted by molar-refractivity contribution is 5.68. The molecule has 4 heteroatoms. The van der Waals surface area contributed by atoms with Crippen molar-refractivity contribution >= 4 is 12.4 Å². The van der Waals surface area contributed by atoms with Crippen LogP contribution in [0.4, 0.5) is 0 Å². The van der Waals surface area contributed by atoms with Crippen LogP contribution in [0.15, 0.2) is 0 Å². The smallest absolute Gasteiger partial charge is 0.305 e. The Morgan fingerprint density at radius 1 is 1.46 bits per heavy atom. The normalized spacial score (nSPS) is 23.7. The summed E-state index contributed by atoms with van der Waals surface area (Å²) in [5.41, 5.74) is 0. The molecule has 0 bridgehead atoms. The molecule has 0 aliphatic carbocycles. The van der Waals surface area contributed by atoms with Gasteiger partial charge in [-0.15, -0.1) is 0 Å². The van der Waals surface area contributed by atoms with Gasteiger partial charge in [0, 0.05) is 12.6 Å². The number of carbonyl (C=O) groups is 2. The lowest BCUT2D eigenvalue weighted by Crippen LogP contribution is -2.35. The SMILES string of the molecule is O=CN1CCCCCC1CC(=O)O. The third kappa shape index (κ3) is 3.05. The van der Waals surface area contributed by atoms with Crippen molar-refractivity contribution in [2.75, 3.05) is 6.54 Å². The van der Waals surface area contributed by atoms with E-state index in [1.807, 2.05) is 0 Å². The predicted molar refractivity (Wildman–Crippen MR) is 47.3 cm³/mol. The van der Waals surface area contributed by atoms with Crippen LogP contribution in [0.1, 0.15) is 32.1 Å². The van der Waals surface area contributed by atoms with Crippen LogP contribution in [0.3, 0.4) is 0 Å². The molecule has 0 aromatic rings. The lowest BCUT2D eigenvalue weighted by atomic mass is 10.1. The Hall–Kier alpha value is -1.06. The highest BCUT2D eigenvalue weighted by atomic mass is 16.4. The number of likely N-dealkylation sites (tertiary alicyclic amines) is 1. The number of hydrogen-bond donors (Lipinski definition) is 1. The van der Waals surface area contributed by atoms with Crippen molar-refractivity contribution < 1.29 is 14.7 Å². The monoisotopic (exact) mass is 185 g/mol. The second-order valence-electron chi connectivity index (χ2n) is 3.44. The van der Waals surface area contributed by atoms with Crippen LogP contribution in [0.2, 0.25) is 0 Å². The van der Waals surface area contributed by atoms with E-state index in [-0.39, 0.29) is 12.5 Å². The molecular weight excluding hydrogens is 170 g/mol. The Kier molecular flexibility index (Phi) is 3.73. The van der Waals surface area contributed by atoms with Gasteiger partial charge in [-0.05, 0) is 12.8 Å². The van der Waals surface area contributed by atoms with Gasteiger partial charge in [-0.2, -0.15) is 0 Å². The van der Waals surface area contributed by atoms with Crippen LogP contribution in [0.5, 0.6) is 0 Å². The zero-order chi connectivity index (χ0) is 9.68. The fourth-order valence-corrected chi connectivity index (χ4v) is 1.76. The molecule has 1 unspecified atom stereocenters. The highest BCUT2D eigenvalue weighted by Crippen LogP contribution is 2.17. The molecule has 0 radical (unpaired) electrons. The van der Waals surface area contributed by atoms with Crippen molar-refractivity contribution in [1.29, 1.82) is 0 Å². The van der Waals surface area contributed by atoms with Crippen molar-refractivity contribution in [2.24, 2.45) is 0 Å². The minimum Gasteiger partial charge on any atom is -0.481 e. The molecule has 13 heavy (non-hydrogen) atoms. The lowest BCUT2D eigenvalue weighted by Gasteiger charge is -2.24. The maximum absolute atomic E-state index is 10.6. The first kappa shape index (κ1) is 10.0. The molecule has 4 nitrogen and oxygen atoms in total. The van der Waals surface area contributed by atoms with Gasteiger partial charge in [0.25, 0.3) is 0 Å². The van der Waals surface area contributed by atoms with Crippen LogP contribution < -0.4 is 0 Å². The molecule has 0 spiro atoms. The van der Waals surface area contributed by atoms with E-state index in [9.17, 15) is 9.59 Å². The summed E-state index contributed by atoms with van der Waals surface area (Å²) in [6.45, 7) is 0.710. The molecule has 1 rings (SSSR count). The van der Waals surface area contributed by atoms with Crippen LogP contribution in [-0.2, 0) is 9.59 Å². The minimum absolute atomic E-state index is 0.0821. The summed E-state index contributed by atoms with van der Waals surface area (Å²) in [6.07, 6.45) is 4.81. The third-order valence-corrected chi connectivity index (χ3v) is 2.47. The van der Waals surface area contributed by atoms with Gasteiger partial charge >= 0.3 is 5.97 Å². The zero-order valence-corrected chi connectivity index (χ0v) is 7.61. The van der Waals surface area contributed by atoms with Gasteiger partial charge in [0.1, 0.15) is 0 Å². The summed E-state index contributed by atoms with van der Waals surface area (Å²) in [6, 6.07) is -0.0856. The van der Waals surface area contributed by atoms with Gasteiger partial charge in [0.15, 0.2) is 0 Å². The van der Waals surface area contributed by atoms with E-state index in [0.29, 0.717) is 6.54 Å². The molecule has 1 saturated heterocycles. The second-order valence-corrected chi connectivity index (χ2v) is 3.44. The summed E-state index contributed by atoms with van der Waals surface area (Å²) in [5.74, 6) is -0.821. The number of aliphatic carboxylic acids is 1. The summed E-state index contributed by atoms with van der Waals surface area (Å²) >= 11 is 0. The van der Waals surface area contributed by atoms with Crippen molar-refractivity contribution in [2.45, 2.75) is 38.1 Å². The number of rotatable bonds is 3. The molecule has 1 amide bonds. The van der Waals surface area contributed by atoms with Gasteiger partial charge < -0.3 is 10.0 Å². The van der Waals surface area contributed by atoms with E-state index < -0.39 is 5.97 Å². The summed E-state index contributed by atoms with van der Waals surface area (Å²) in [4.78, 5) is 22.8. The van der Waals surface area contributed by atoms with Crippen LogP contribution in [-0.4, -0.2) is 35.0 Å². The van der Waals surface area contributed by atoms with E-state index in [2.05, 4.69) is 0 Å². The van der Waals surface area contributed by atoms with E-state index in [4.69, 9.17) is 5.11 Å². The van der Waals surface area contributed by atoms with Gasteiger partial charge in [-0.25, -0.2) is 0 Å². The van der Waals surface area contributed by atoms with E-state index >= 15 is 0 Å². The summed E-state index contributed by atoms with van der Waals surface area (Å²) in [7, 11) is 0. The fourth-order valence-electron chi connectivity index (χ4n) is 1.76. The average Bonchev–Trinajstić information content (AvgIpc) is 2.28. The number of hydrogen-bond acceptors (Lipinski definition) is 2. The van der Waals surface area contributed by atoms with Crippen molar-refractivity contribution in [3.05, 3.63) is 0 Å². The molecule has 0 aromatic carbocycles. The quantitative estimate of drug-likeness (QED) is 0.663. The first-order valence-corrected chi connectivity index (χ1v) is 4.67. The Balaban J connectivity index is 2.53. The Morgan fingerprint density at radius 2 is 2.23 bits per heavy atom. The molecule has 1 N–H and O–H groups in total. The number of carboxylic acid groups (broad SMARTS) is 1. The second kappa shape index (κ2) is 4.84.